The summed E-state index contributed by atoms with van der Waals surface area (Å²) in [6, 6.07) is 5.48. The maximum Gasteiger partial charge on any atom is 0.193 e. The summed E-state index contributed by atoms with van der Waals surface area (Å²) < 4.78 is 16.4. The molecule has 0 aromatic heterocycles. The Morgan fingerprint density at radius 2 is 1.88 bits per heavy atom. The van der Waals surface area contributed by atoms with Gasteiger partial charge in [0.15, 0.2) is 5.96 Å². The SMILES string of the molecule is COc1ccc(OC)c(NC(N)=NCCOC2CCCCCC2)c1.I. The number of nitrogens with zero attached hydrogens (tertiary/aromatic N) is 1. The summed E-state index contributed by atoms with van der Waals surface area (Å²) in [5.74, 6) is 1.75. The van der Waals surface area contributed by atoms with Gasteiger partial charge in [0.05, 0.1) is 39.2 Å². The van der Waals surface area contributed by atoms with E-state index in [4.69, 9.17) is 19.9 Å². The molecular weight excluding hydrogens is 433 g/mol. The molecule has 7 heteroatoms. The number of hydrogen-bond donors (Lipinski definition) is 2. The summed E-state index contributed by atoms with van der Waals surface area (Å²) >= 11 is 0. The molecule has 1 fully saturated rings. The molecule has 3 N–H and O–H groups in total. The topological polar surface area (TPSA) is 78.1 Å². The predicted octanol–water partition coefficient (Wildman–Crippen LogP) is 3.79. The summed E-state index contributed by atoms with van der Waals surface area (Å²) in [5.41, 5.74) is 6.68. The number of nitrogens with one attached hydrogen (secondary N) is 1. The Morgan fingerprint density at radius 3 is 2.52 bits per heavy atom. The molecule has 0 aliphatic heterocycles. The fourth-order valence-corrected chi connectivity index (χ4v) is 2.88. The van der Waals surface area contributed by atoms with Gasteiger partial charge in [0.2, 0.25) is 0 Å². The first kappa shape index (κ1) is 21.8. The van der Waals surface area contributed by atoms with Crippen molar-refractivity contribution in [3.63, 3.8) is 0 Å². The Morgan fingerprint density at radius 1 is 1.16 bits per heavy atom. The van der Waals surface area contributed by atoms with E-state index in [2.05, 4.69) is 10.3 Å². The molecule has 2 rings (SSSR count). The van der Waals surface area contributed by atoms with Crippen LogP contribution < -0.4 is 20.5 Å². The Bertz CT molecular complexity index is 532. The van der Waals surface area contributed by atoms with Gasteiger partial charge >= 0.3 is 0 Å². The third-order valence-electron chi connectivity index (χ3n) is 4.20. The monoisotopic (exact) mass is 463 g/mol. The van der Waals surface area contributed by atoms with Crippen molar-refractivity contribution < 1.29 is 14.2 Å². The van der Waals surface area contributed by atoms with E-state index in [0.717, 1.165) is 11.4 Å². The lowest BCUT2D eigenvalue weighted by Crippen LogP contribution is -2.24. The Kier molecular flexibility index (Phi) is 10.6. The fourth-order valence-electron chi connectivity index (χ4n) is 2.88. The molecule has 142 valence electrons. The van der Waals surface area contributed by atoms with Crippen LogP contribution in [0.5, 0.6) is 11.5 Å². The number of ether oxygens (including phenoxy) is 3. The Hall–Kier alpha value is -1.22. The fraction of sp³-hybridized carbons (Fsp3) is 0.611. The van der Waals surface area contributed by atoms with Crippen molar-refractivity contribution in [2.45, 2.75) is 44.6 Å². The molecule has 6 nitrogen and oxygen atoms in total. The van der Waals surface area contributed by atoms with Crippen LogP contribution in [0.4, 0.5) is 5.69 Å². The first-order valence-electron chi connectivity index (χ1n) is 8.63. The summed E-state index contributed by atoms with van der Waals surface area (Å²) in [6.07, 6.45) is 7.92. The van der Waals surface area contributed by atoms with E-state index in [-0.39, 0.29) is 24.0 Å². The quantitative estimate of drug-likeness (QED) is 0.212. The van der Waals surface area contributed by atoms with Crippen LogP contribution in [0.15, 0.2) is 23.2 Å². The van der Waals surface area contributed by atoms with Gasteiger partial charge < -0.3 is 25.3 Å². The Labute approximate surface area is 167 Å². The van der Waals surface area contributed by atoms with Gasteiger partial charge in [-0.25, -0.2) is 0 Å². The molecule has 0 unspecified atom stereocenters. The second-order valence-electron chi connectivity index (χ2n) is 5.94. The Balaban J connectivity index is 0.00000312. The standard InChI is InChI=1S/C18H29N3O3.HI/c1-22-15-9-10-17(23-2)16(13-15)21-18(19)20-11-12-24-14-7-5-3-4-6-8-14;/h9-10,13-14H,3-8,11-12H2,1-2H3,(H3,19,20,21);1H. The van der Waals surface area contributed by atoms with Crippen LogP contribution >= 0.6 is 24.0 Å². The maximum absolute atomic E-state index is 5.95. The highest BCUT2D eigenvalue weighted by Gasteiger charge is 2.12. The minimum atomic E-state index is 0. The van der Waals surface area contributed by atoms with Gasteiger partial charge in [-0.05, 0) is 25.0 Å². The zero-order valence-corrected chi connectivity index (χ0v) is 17.5. The second-order valence-corrected chi connectivity index (χ2v) is 5.94. The van der Waals surface area contributed by atoms with Gasteiger partial charge in [-0.15, -0.1) is 24.0 Å². The molecule has 0 saturated heterocycles. The van der Waals surface area contributed by atoms with E-state index in [1.54, 1.807) is 14.2 Å². The van der Waals surface area contributed by atoms with Crippen molar-refractivity contribution in [1.82, 2.24) is 0 Å². The summed E-state index contributed by atoms with van der Waals surface area (Å²) in [7, 11) is 3.23. The van der Waals surface area contributed by atoms with Gasteiger partial charge in [-0.3, -0.25) is 4.99 Å². The van der Waals surface area contributed by atoms with Crippen molar-refractivity contribution in [1.29, 1.82) is 0 Å². The van der Waals surface area contributed by atoms with Gasteiger partial charge in [0, 0.05) is 6.07 Å². The van der Waals surface area contributed by atoms with E-state index >= 15 is 0 Å². The van der Waals surface area contributed by atoms with Crippen molar-refractivity contribution in [3.8, 4) is 11.5 Å². The molecule has 0 heterocycles. The van der Waals surface area contributed by atoms with E-state index in [0.29, 0.717) is 31.0 Å². The summed E-state index contributed by atoms with van der Waals surface area (Å²) in [5, 5.41) is 3.05. The van der Waals surface area contributed by atoms with Gasteiger partial charge in [-0.1, -0.05) is 25.7 Å². The van der Waals surface area contributed by atoms with Gasteiger partial charge in [0.25, 0.3) is 0 Å². The van der Waals surface area contributed by atoms with Crippen LogP contribution in [-0.2, 0) is 4.74 Å². The minimum absolute atomic E-state index is 0. The van der Waals surface area contributed by atoms with E-state index in [9.17, 15) is 0 Å². The molecule has 1 aliphatic rings. The molecule has 0 radical (unpaired) electrons. The largest absolute Gasteiger partial charge is 0.497 e. The number of aliphatic imine (C=N–C) groups is 1. The van der Waals surface area contributed by atoms with Crippen molar-refractivity contribution in [2.75, 3.05) is 32.7 Å². The molecule has 1 aromatic rings. The number of rotatable bonds is 7. The molecular formula is C18H30IN3O3. The number of anilines is 1. The van der Waals surface area contributed by atoms with E-state index < -0.39 is 0 Å². The molecule has 0 atom stereocenters. The normalized spacial score (nSPS) is 15.8. The number of halogens is 1. The third kappa shape index (κ3) is 7.68. The molecule has 25 heavy (non-hydrogen) atoms. The van der Waals surface area contributed by atoms with Crippen LogP contribution in [0, 0.1) is 0 Å². The molecule has 1 aromatic carbocycles. The summed E-state index contributed by atoms with van der Waals surface area (Å²) in [6.45, 7) is 1.14. The van der Waals surface area contributed by atoms with Gasteiger partial charge in [0.1, 0.15) is 11.5 Å². The molecule has 0 spiro atoms. The first-order valence-corrected chi connectivity index (χ1v) is 8.63. The molecule has 0 amide bonds. The predicted molar refractivity (Wildman–Crippen MR) is 113 cm³/mol. The van der Waals surface area contributed by atoms with Crippen LogP contribution in [0.3, 0.4) is 0 Å². The number of nitrogens with two attached hydrogens (primary N) is 1. The van der Waals surface area contributed by atoms with E-state index in [1.807, 2.05) is 18.2 Å². The smallest absolute Gasteiger partial charge is 0.193 e. The van der Waals surface area contributed by atoms with Crippen molar-refractivity contribution >= 4 is 35.6 Å². The van der Waals surface area contributed by atoms with Gasteiger partial charge in [-0.2, -0.15) is 0 Å². The van der Waals surface area contributed by atoms with E-state index in [1.165, 1.54) is 38.5 Å². The lowest BCUT2D eigenvalue weighted by atomic mass is 10.1. The van der Waals surface area contributed by atoms with Crippen LogP contribution in [-0.4, -0.2) is 39.4 Å². The highest BCUT2D eigenvalue weighted by Crippen LogP contribution is 2.28. The number of benzene rings is 1. The van der Waals surface area contributed by atoms with Crippen molar-refractivity contribution in [2.24, 2.45) is 10.7 Å². The van der Waals surface area contributed by atoms with Crippen LogP contribution in [0.2, 0.25) is 0 Å². The van der Waals surface area contributed by atoms with Crippen LogP contribution in [0.1, 0.15) is 38.5 Å². The highest BCUT2D eigenvalue weighted by molar-refractivity contribution is 14.0. The molecule has 0 bridgehead atoms. The lowest BCUT2D eigenvalue weighted by molar-refractivity contribution is 0.0487. The van der Waals surface area contributed by atoms with Crippen molar-refractivity contribution in [3.05, 3.63) is 18.2 Å². The number of guanidine groups is 1. The number of methoxy groups -OCH3 is 2. The highest BCUT2D eigenvalue weighted by atomic mass is 127. The first-order chi connectivity index (χ1) is 11.7. The minimum Gasteiger partial charge on any atom is -0.497 e. The number of hydrogen-bond acceptors (Lipinski definition) is 4. The average molecular weight is 463 g/mol. The zero-order chi connectivity index (χ0) is 17.2. The maximum atomic E-state index is 5.95. The summed E-state index contributed by atoms with van der Waals surface area (Å²) in [4.78, 5) is 4.32. The lowest BCUT2D eigenvalue weighted by Gasteiger charge is -2.15. The zero-order valence-electron chi connectivity index (χ0n) is 15.1. The average Bonchev–Trinajstić information content (AvgIpc) is 2.87. The second kappa shape index (κ2) is 12.2. The third-order valence-corrected chi connectivity index (χ3v) is 4.20. The molecule has 1 aliphatic carbocycles. The molecule has 1 saturated carbocycles. The van der Waals surface area contributed by atoms with Crippen LogP contribution in [0.25, 0.3) is 0 Å².